The Labute approximate surface area is 112 Å². The third-order valence-corrected chi connectivity index (χ3v) is 4.55. The first-order valence-electron chi connectivity index (χ1n) is 7.02. The molecule has 0 aromatic carbocycles. The summed E-state index contributed by atoms with van der Waals surface area (Å²) in [7, 11) is 3.72. The smallest absolute Gasteiger partial charge is 0.0724 e. The number of nitrogens with zero attached hydrogens (tertiary/aromatic N) is 1. The first kappa shape index (κ1) is 15.9. The summed E-state index contributed by atoms with van der Waals surface area (Å²) in [5.41, 5.74) is -0.189. The number of hydrogen-bond acceptors (Lipinski definition) is 4. The van der Waals surface area contributed by atoms with Gasteiger partial charge in [-0.1, -0.05) is 6.92 Å². The van der Waals surface area contributed by atoms with Gasteiger partial charge in [0.25, 0.3) is 0 Å². The molecule has 4 atom stereocenters. The van der Waals surface area contributed by atoms with Crippen molar-refractivity contribution in [1.82, 2.24) is 10.2 Å². The van der Waals surface area contributed by atoms with Crippen LogP contribution in [0.5, 0.6) is 0 Å². The van der Waals surface area contributed by atoms with Crippen LogP contribution in [-0.2, 0) is 4.74 Å². The highest BCUT2D eigenvalue weighted by Gasteiger charge is 2.32. The Morgan fingerprint density at radius 2 is 2.22 bits per heavy atom. The average molecular weight is 258 g/mol. The van der Waals surface area contributed by atoms with Crippen molar-refractivity contribution in [2.24, 2.45) is 5.92 Å². The van der Waals surface area contributed by atoms with E-state index in [0.717, 1.165) is 19.5 Å². The number of methoxy groups -OCH3 is 1. The Kier molecular flexibility index (Phi) is 6.05. The largest absolute Gasteiger partial charge is 0.394 e. The van der Waals surface area contributed by atoms with Crippen molar-refractivity contribution < 1.29 is 9.84 Å². The summed E-state index contributed by atoms with van der Waals surface area (Å²) in [5.74, 6) is 0.645. The third-order valence-electron chi connectivity index (χ3n) is 4.55. The fourth-order valence-electron chi connectivity index (χ4n) is 2.79. The first-order valence-corrected chi connectivity index (χ1v) is 7.02. The van der Waals surface area contributed by atoms with E-state index in [2.05, 4.69) is 31.0 Å². The molecule has 18 heavy (non-hydrogen) atoms. The van der Waals surface area contributed by atoms with Crippen molar-refractivity contribution in [2.75, 3.05) is 33.9 Å². The molecule has 1 rings (SSSR count). The van der Waals surface area contributed by atoms with Gasteiger partial charge in [-0.3, -0.25) is 4.90 Å². The van der Waals surface area contributed by atoms with Crippen LogP contribution < -0.4 is 5.32 Å². The maximum absolute atomic E-state index is 9.47. The van der Waals surface area contributed by atoms with Crippen molar-refractivity contribution in [1.29, 1.82) is 0 Å². The number of likely N-dealkylation sites (N-methyl/N-ethyl adjacent to an activating group) is 1. The lowest BCUT2D eigenvalue weighted by atomic mass is 9.90. The van der Waals surface area contributed by atoms with Gasteiger partial charge < -0.3 is 15.2 Å². The number of rotatable bonds is 6. The standard InChI is InChI=1S/C14H30N2O2/c1-11-6-7-16(9-13(11)18-5)12(2)8-14(3,10-17)15-4/h11-13,15,17H,6-10H2,1-5H3. The van der Waals surface area contributed by atoms with Crippen LogP contribution in [0.1, 0.15) is 33.6 Å². The van der Waals surface area contributed by atoms with Gasteiger partial charge in [0, 0.05) is 25.2 Å². The minimum atomic E-state index is -0.189. The number of hydrogen-bond donors (Lipinski definition) is 2. The van der Waals surface area contributed by atoms with Gasteiger partial charge in [0.05, 0.1) is 12.7 Å². The second-order valence-corrected chi connectivity index (χ2v) is 6.06. The minimum absolute atomic E-state index is 0.172. The Bertz CT molecular complexity index is 244. The highest BCUT2D eigenvalue weighted by Crippen LogP contribution is 2.24. The van der Waals surface area contributed by atoms with Crippen molar-refractivity contribution in [3.63, 3.8) is 0 Å². The van der Waals surface area contributed by atoms with Gasteiger partial charge in [-0.2, -0.15) is 0 Å². The van der Waals surface area contributed by atoms with E-state index in [1.165, 1.54) is 6.42 Å². The van der Waals surface area contributed by atoms with Crippen molar-refractivity contribution in [3.8, 4) is 0 Å². The number of ether oxygens (including phenoxy) is 1. The van der Waals surface area contributed by atoms with Crippen LogP contribution in [0.4, 0.5) is 0 Å². The molecule has 0 amide bonds. The van der Waals surface area contributed by atoms with E-state index in [9.17, 15) is 5.11 Å². The molecule has 1 aliphatic rings. The number of likely N-dealkylation sites (tertiary alicyclic amines) is 1. The summed E-state index contributed by atoms with van der Waals surface area (Å²) in [5, 5.41) is 12.7. The van der Waals surface area contributed by atoms with Gasteiger partial charge in [-0.15, -0.1) is 0 Å². The molecule has 0 saturated carbocycles. The molecular weight excluding hydrogens is 228 g/mol. The Balaban J connectivity index is 2.54. The van der Waals surface area contributed by atoms with Crippen molar-refractivity contribution in [2.45, 2.75) is 51.3 Å². The fraction of sp³-hybridized carbons (Fsp3) is 1.00. The predicted molar refractivity (Wildman–Crippen MR) is 74.8 cm³/mol. The molecule has 1 fully saturated rings. The lowest BCUT2D eigenvalue weighted by Gasteiger charge is -2.42. The van der Waals surface area contributed by atoms with E-state index < -0.39 is 0 Å². The van der Waals surface area contributed by atoms with Crippen LogP contribution in [0.2, 0.25) is 0 Å². The van der Waals surface area contributed by atoms with Gasteiger partial charge in [-0.05, 0) is 46.2 Å². The second-order valence-electron chi connectivity index (χ2n) is 6.06. The zero-order valence-corrected chi connectivity index (χ0v) is 12.6. The van der Waals surface area contributed by atoms with Gasteiger partial charge >= 0.3 is 0 Å². The van der Waals surface area contributed by atoms with Gasteiger partial charge in [0.15, 0.2) is 0 Å². The van der Waals surface area contributed by atoms with E-state index in [1.807, 2.05) is 7.05 Å². The van der Waals surface area contributed by atoms with Crippen LogP contribution >= 0.6 is 0 Å². The summed E-state index contributed by atoms with van der Waals surface area (Å²) in [6.45, 7) is 8.89. The number of aliphatic hydroxyl groups excluding tert-OH is 1. The lowest BCUT2D eigenvalue weighted by Crippen LogP contribution is -2.53. The van der Waals surface area contributed by atoms with E-state index >= 15 is 0 Å². The second kappa shape index (κ2) is 6.85. The molecule has 4 unspecified atom stereocenters. The van der Waals surface area contributed by atoms with Crippen LogP contribution in [-0.4, -0.2) is 61.5 Å². The predicted octanol–water partition coefficient (Wildman–Crippen LogP) is 1.09. The summed E-state index contributed by atoms with van der Waals surface area (Å²) < 4.78 is 5.56. The monoisotopic (exact) mass is 258 g/mol. The highest BCUT2D eigenvalue weighted by atomic mass is 16.5. The summed E-state index contributed by atoms with van der Waals surface area (Å²) in [6.07, 6.45) is 2.49. The molecule has 2 N–H and O–H groups in total. The maximum atomic E-state index is 9.47. The zero-order chi connectivity index (χ0) is 13.8. The van der Waals surface area contributed by atoms with Crippen molar-refractivity contribution in [3.05, 3.63) is 0 Å². The molecule has 1 saturated heterocycles. The van der Waals surface area contributed by atoms with E-state index in [0.29, 0.717) is 18.1 Å². The van der Waals surface area contributed by atoms with E-state index in [1.54, 1.807) is 7.11 Å². The number of piperidine rings is 1. The van der Waals surface area contributed by atoms with E-state index in [4.69, 9.17) is 4.74 Å². The normalized spacial score (nSPS) is 31.0. The molecule has 0 radical (unpaired) electrons. The van der Waals surface area contributed by atoms with Crippen molar-refractivity contribution >= 4 is 0 Å². The van der Waals surface area contributed by atoms with E-state index in [-0.39, 0.29) is 12.1 Å². The molecule has 0 bridgehead atoms. The van der Waals surface area contributed by atoms with Crippen LogP contribution in [0.15, 0.2) is 0 Å². The molecular formula is C14H30N2O2. The van der Waals surface area contributed by atoms with Crippen LogP contribution in [0.3, 0.4) is 0 Å². The maximum Gasteiger partial charge on any atom is 0.0724 e. The van der Waals surface area contributed by atoms with Gasteiger partial charge in [0.2, 0.25) is 0 Å². The molecule has 1 heterocycles. The number of aliphatic hydroxyl groups is 1. The molecule has 4 heteroatoms. The third kappa shape index (κ3) is 3.92. The molecule has 0 aliphatic carbocycles. The molecule has 1 aliphatic heterocycles. The number of nitrogens with one attached hydrogen (secondary N) is 1. The highest BCUT2D eigenvalue weighted by molar-refractivity contribution is 4.88. The average Bonchev–Trinajstić information content (AvgIpc) is 2.39. The Hall–Kier alpha value is -0.160. The molecule has 0 aromatic rings. The Morgan fingerprint density at radius 3 is 2.72 bits per heavy atom. The fourth-order valence-corrected chi connectivity index (χ4v) is 2.79. The van der Waals surface area contributed by atoms with Gasteiger partial charge in [-0.25, -0.2) is 0 Å². The topological polar surface area (TPSA) is 44.7 Å². The SMILES string of the molecule is CNC(C)(CO)CC(C)N1CCC(C)C(OC)C1. The first-order chi connectivity index (χ1) is 8.45. The summed E-state index contributed by atoms with van der Waals surface area (Å²) in [6, 6.07) is 0.458. The minimum Gasteiger partial charge on any atom is -0.394 e. The lowest BCUT2D eigenvalue weighted by molar-refractivity contribution is -0.0223. The summed E-state index contributed by atoms with van der Waals surface area (Å²) in [4.78, 5) is 2.49. The molecule has 0 aromatic heterocycles. The zero-order valence-electron chi connectivity index (χ0n) is 12.6. The quantitative estimate of drug-likeness (QED) is 0.749. The summed E-state index contributed by atoms with van der Waals surface area (Å²) >= 11 is 0. The molecule has 108 valence electrons. The van der Waals surface area contributed by atoms with Gasteiger partial charge in [0.1, 0.15) is 0 Å². The van der Waals surface area contributed by atoms with Crippen LogP contribution in [0.25, 0.3) is 0 Å². The molecule has 0 spiro atoms. The van der Waals surface area contributed by atoms with Crippen LogP contribution in [0, 0.1) is 5.92 Å². The molecule has 4 nitrogen and oxygen atoms in total. The Morgan fingerprint density at radius 1 is 1.56 bits per heavy atom.